The van der Waals surface area contributed by atoms with Gasteiger partial charge >= 0.3 is 0 Å². The first-order chi connectivity index (χ1) is 13.3. The molecule has 0 aliphatic carbocycles. The zero-order valence-corrected chi connectivity index (χ0v) is 17.2. The molecule has 3 aliphatic heterocycles. The van der Waals surface area contributed by atoms with E-state index in [0.717, 1.165) is 13.1 Å². The van der Waals surface area contributed by atoms with E-state index in [-0.39, 0.29) is 24.1 Å². The van der Waals surface area contributed by atoms with Crippen LogP contribution in [0.25, 0.3) is 0 Å². The number of ether oxygens (including phenoxy) is 1. The van der Waals surface area contributed by atoms with Crippen molar-refractivity contribution in [2.45, 2.75) is 19.3 Å². The van der Waals surface area contributed by atoms with Crippen molar-refractivity contribution in [2.24, 2.45) is 5.92 Å². The number of carbonyl (C=O) groups excluding carboxylic acids is 1. The molecule has 0 N–H and O–H groups in total. The minimum Gasteiger partial charge on any atom is -0.379 e. The summed E-state index contributed by atoms with van der Waals surface area (Å²) in [6, 6.07) is 0. The molecule has 0 aromatic carbocycles. The number of likely N-dealkylation sites (tertiary alicyclic amines) is 1. The van der Waals surface area contributed by atoms with Crippen molar-refractivity contribution in [3.63, 3.8) is 0 Å². The van der Waals surface area contributed by atoms with Gasteiger partial charge in [0, 0.05) is 45.2 Å². The molecule has 4 rings (SSSR count). The fraction of sp³-hybridized carbons (Fsp3) is 0.824. The summed E-state index contributed by atoms with van der Waals surface area (Å²) < 4.78 is 37.2. The van der Waals surface area contributed by atoms with Crippen LogP contribution in [0.15, 0.2) is 4.52 Å². The molecule has 0 radical (unpaired) electrons. The first kappa shape index (κ1) is 19.7. The molecule has 28 heavy (non-hydrogen) atoms. The monoisotopic (exact) mass is 413 g/mol. The van der Waals surface area contributed by atoms with E-state index in [0.29, 0.717) is 51.1 Å². The van der Waals surface area contributed by atoms with Crippen molar-refractivity contribution in [2.75, 3.05) is 64.8 Å². The van der Waals surface area contributed by atoms with E-state index >= 15 is 0 Å². The Morgan fingerprint density at radius 1 is 1.25 bits per heavy atom. The summed E-state index contributed by atoms with van der Waals surface area (Å²) in [5, 5.41) is 3.91. The maximum atomic E-state index is 12.9. The average Bonchev–Trinajstić information content (AvgIpc) is 3.35. The summed E-state index contributed by atoms with van der Waals surface area (Å²) >= 11 is 0. The number of rotatable bonds is 5. The van der Waals surface area contributed by atoms with Crippen molar-refractivity contribution in [1.82, 2.24) is 24.2 Å². The number of fused-ring (bicyclic) bond motifs is 1. The molecule has 11 heteroatoms. The number of carbonyl (C=O) groups is 1. The van der Waals surface area contributed by atoms with Crippen LogP contribution in [0.4, 0.5) is 0 Å². The second-order valence-corrected chi connectivity index (χ2v) is 10.1. The lowest BCUT2D eigenvalue weighted by Gasteiger charge is -2.29. The topological polar surface area (TPSA) is 109 Å². The predicted octanol–water partition coefficient (Wildman–Crippen LogP) is -0.928. The molecule has 3 saturated heterocycles. The largest absolute Gasteiger partial charge is 0.379 e. The Balaban J connectivity index is 1.55. The van der Waals surface area contributed by atoms with Gasteiger partial charge in [0.25, 0.3) is 0 Å². The van der Waals surface area contributed by atoms with Crippen LogP contribution >= 0.6 is 0 Å². The third-order valence-corrected chi connectivity index (χ3v) is 7.90. The normalized spacial score (nSPS) is 29.4. The third-order valence-electron chi connectivity index (χ3n) is 6.10. The average molecular weight is 414 g/mol. The van der Waals surface area contributed by atoms with E-state index in [1.54, 1.807) is 13.8 Å². The van der Waals surface area contributed by atoms with E-state index in [1.807, 2.05) is 4.90 Å². The molecule has 0 unspecified atom stereocenters. The number of hydrogen-bond acceptors (Lipinski definition) is 8. The molecule has 2 atom stereocenters. The molecular weight excluding hydrogens is 386 g/mol. The molecule has 3 aliphatic rings. The summed E-state index contributed by atoms with van der Waals surface area (Å²) in [5.74, 6) is 1.00. The zero-order chi connectivity index (χ0) is 19.9. The van der Waals surface area contributed by atoms with Gasteiger partial charge in [0.2, 0.25) is 21.8 Å². The molecule has 156 valence electrons. The number of nitrogens with zero attached hydrogens (tertiary/aromatic N) is 5. The Kier molecular flexibility index (Phi) is 5.19. The first-order valence-corrected chi connectivity index (χ1v) is 11.3. The SMILES string of the molecule is CCS(=O)(=O)N1C[C@@H]2CN(C(=O)CN3CCOCC3)C[C@]2(c2nc(C)no2)C1. The van der Waals surface area contributed by atoms with Gasteiger partial charge in [0.15, 0.2) is 5.82 Å². The van der Waals surface area contributed by atoms with E-state index < -0.39 is 15.4 Å². The lowest BCUT2D eigenvalue weighted by molar-refractivity contribution is -0.132. The van der Waals surface area contributed by atoms with Crippen molar-refractivity contribution in [1.29, 1.82) is 0 Å². The van der Waals surface area contributed by atoms with Crippen LogP contribution in [0.5, 0.6) is 0 Å². The van der Waals surface area contributed by atoms with Gasteiger partial charge in [-0.25, -0.2) is 12.7 Å². The van der Waals surface area contributed by atoms with E-state index in [9.17, 15) is 13.2 Å². The highest BCUT2D eigenvalue weighted by molar-refractivity contribution is 7.89. The zero-order valence-electron chi connectivity index (χ0n) is 16.3. The van der Waals surface area contributed by atoms with Crippen molar-refractivity contribution in [3.8, 4) is 0 Å². The summed E-state index contributed by atoms with van der Waals surface area (Å²) in [6.45, 7) is 8.07. The molecule has 0 bridgehead atoms. The van der Waals surface area contributed by atoms with Crippen molar-refractivity contribution >= 4 is 15.9 Å². The van der Waals surface area contributed by atoms with Crippen LogP contribution in [-0.4, -0.2) is 103 Å². The summed E-state index contributed by atoms with van der Waals surface area (Å²) in [6.07, 6.45) is 0. The lowest BCUT2D eigenvalue weighted by Crippen LogP contribution is -2.46. The van der Waals surface area contributed by atoms with E-state index in [2.05, 4.69) is 15.0 Å². The number of sulfonamides is 1. The molecule has 1 aromatic rings. The third kappa shape index (κ3) is 3.44. The molecule has 3 fully saturated rings. The lowest BCUT2D eigenvalue weighted by atomic mass is 9.81. The van der Waals surface area contributed by atoms with Gasteiger partial charge in [-0.1, -0.05) is 5.16 Å². The second-order valence-electron chi connectivity index (χ2n) is 7.86. The van der Waals surface area contributed by atoms with Crippen molar-refractivity contribution in [3.05, 3.63) is 11.7 Å². The second kappa shape index (κ2) is 7.36. The quantitative estimate of drug-likeness (QED) is 0.609. The van der Waals surface area contributed by atoms with Crippen molar-refractivity contribution < 1.29 is 22.5 Å². The smallest absolute Gasteiger partial charge is 0.236 e. The fourth-order valence-electron chi connectivity index (χ4n) is 4.46. The maximum absolute atomic E-state index is 12.9. The molecule has 10 nitrogen and oxygen atoms in total. The van der Waals surface area contributed by atoms with Gasteiger partial charge in [-0.3, -0.25) is 9.69 Å². The standard InChI is InChI=1S/C17H27N5O5S/c1-3-28(24,25)22-9-14-8-21(15(23)10-20-4-6-26-7-5-20)11-17(14,12-22)16-18-13(2)19-27-16/h14H,3-12H2,1-2H3/t14-,17-/m0/s1. The molecule has 1 amide bonds. The summed E-state index contributed by atoms with van der Waals surface area (Å²) in [4.78, 5) is 21.2. The van der Waals surface area contributed by atoms with Crippen LogP contribution in [0.2, 0.25) is 0 Å². The highest BCUT2D eigenvalue weighted by Gasteiger charge is 2.59. The summed E-state index contributed by atoms with van der Waals surface area (Å²) in [7, 11) is -3.32. The van der Waals surface area contributed by atoms with Gasteiger partial charge in [-0.2, -0.15) is 4.98 Å². The van der Waals surface area contributed by atoms with E-state index in [1.165, 1.54) is 4.31 Å². The fourth-order valence-corrected chi connectivity index (χ4v) is 5.66. The Morgan fingerprint density at radius 2 is 2.00 bits per heavy atom. The van der Waals surface area contributed by atoms with Crippen LogP contribution in [0.1, 0.15) is 18.6 Å². The van der Waals surface area contributed by atoms with Crippen LogP contribution < -0.4 is 0 Å². The van der Waals surface area contributed by atoms with Crippen LogP contribution in [-0.2, 0) is 25.0 Å². The Bertz CT molecular complexity index is 837. The summed E-state index contributed by atoms with van der Waals surface area (Å²) in [5.41, 5.74) is -0.635. The maximum Gasteiger partial charge on any atom is 0.236 e. The number of aryl methyl sites for hydroxylation is 1. The van der Waals surface area contributed by atoms with Gasteiger partial charge in [0.05, 0.1) is 30.9 Å². The minimum atomic E-state index is -3.32. The highest BCUT2D eigenvalue weighted by atomic mass is 32.2. The van der Waals surface area contributed by atoms with Gasteiger partial charge in [-0.15, -0.1) is 0 Å². The number of morpholine rings is 1. The number of hydrogen-bond donors (Lipinski definition) is 0. The number of amides is 1. The molecule has 4 heterocycles. The Morgan fingerprint density at radius 3 is 2.64 bits per heavy atom. The van der Waals surface area contributed by atoms with E-state index in [4.69, 9.17) is 9.26 Å². The number of aromatic nitrogens is 2. The predicted molar refractivity (Wildman–Crippen MR) is 99.1 cm³/mol. The molecule has 1 aromatic heterocycles. The highest BCUT2D eigenvalue weighted by Crippen LogP contribution is 2.45. The molecule has 0 saturated carbocycles. The molecule has 0 spiro atoms. The van der Waals surface area contributed by atoms with Crippen LogP contribution in [0, 0.1) is 12.8 Å². The minimum absolute atomic E-state index is 0.0526. The van der Waals surface area contributed by atoms with Crippen LogP contribution in [0.3, 0.4) is 0 Å². The molecular formula is C17H27N5O5S. The first-order valence-electron chi connectivity index (χ1n) is 9.70. The Hall–Kier alpha value is -1.56. The van der Waals surface area contributed by atoms with Gasteiger partial charge in [0.1, 0.15) is 0 Å². The van der Waals surface area contributed by atoms with Gasteiger partial charge < -0.3 is 14.2 Å². The Labute approximate surface area is 164 Å². The van der Waals surface area contributed by atoms with Gasteiger partial charge in [-0.05, 0) is 13.8 Å².